The number of nitrogens with one attached hydrogen (secondary N) is 2. The standard InChI is InChI=1S/C14H15Cl2N3O/c1-8-12(9(2)19-18-8)6-14(20)17-7-10-5-11(15)3-4-13(10)16/h3-5H,6-7H2,1-2H3,(H,17,20)(H,18,19). The summed E-state index contributed by atoms with van der Waals surface area (Å²) in [6.07, 6.45) is 0.298. The lowest BCUT2D eigenvalue weighted by atomic mass is 10.1. The Morgan fingerprint density at radius 2 is 2.10 bits per heavy atom. The Kier molecular flexibility index (Phi) is 4.68. The van der Waals surface area contributed by atoms with Crippen LogP contribution < -0.4 is 5.32 Å². The van der Waals surface area contributed by atoms with Gasteiger partial charge in [-0.3, -0.25) is 9.89 Å². The molecule has 0 bridgehead atoms. The zero-order chi connectivity index (χ0) is 14.7. The van der Waals surface area contributed by atoms with E-state index in [2.05, 4.69) is 15.5 Å². The molecule has 1 aromatic carbocycles. The van der Waals surface area contributed by atoms with E-state index in [9.17, 15) is 4.79 Å². The summed E-state index contributed by atoms with van der Waals surface area (Å²) in [5, 5.41) is 11.0. The highest BCUT2D eigenvalue weighted by atomic mass is 35.5. The fraction of sp³-hybridized carbons (Fsp3) is 0.286. The van der Waals surface area contributed by atoms with E-state index >= 15 is 0 Å². The van der Waals surface area contributed by atoms with Crippen molar-refractivity contribution in [3.05, 3.63) is 50.8 Å². The predicted octanol–water partition coefficient (Wildman–Crippen LogP) is 3.19. The summed E-state index contributed by atoms with van der Waals surface area (Å²) in [4.78, 5) is 12.0. The second-order valence-electron chi connectivity index (χ2n) is 4.60. The van der Waals surface area contributed by atoms with E-state index < -0.39 is 0 Å². The van der Waals surface area contributed by atoms with E-state index in [1.54, 1.807) is 18.2 Å². The molecule has 1 aromatic heterocycles. The zero-order valence-corrected chi connectivity index (χ0v) is 12.8. The minimum atomic E-state index is -0.0753. The maximum atomic E-state index is 12.0. The van der Waals surface area contributed by atoms with Gasteiger partial charge in [0.15, 0.2) is 0 Å². The van der Waals surface area contributed by atoms with Crippen molar-refractivity contribution in [1.82, 2.24) is 15.5 Å². The highest BCUT2D eigenvalue weighted by Crippen LogP contribution is 2.20. The Bertz CT molecular complexity index is 618. The summed E-state index contributed by atoms with van der Waals surface area (Å²) < 4.78 is 0. The molecule has 0 aliphatic rings. The van der Waals surface area contributed by atoms with Gasteiger partial charge in [-0.1, -0.05) is 23.2 Å². The SMILES string of the molecule is Cc1n[nH]c(C)c1CC(=O)NCc1cc(Cl)ccc1Cl. The summed E-state index contributed by atoms with van der Waals surface area (Å²) in [5.41, 5.74) is 3.49. The molecule has 2 rings (SSSR count). The number of hydrogen-bond donors (Lipinski definition) is 2. The van der Waals surface area contributed by atoms with E-state index in [-0.39, 0.29) is 5.91 Å². The Hall–Kier alpha value is -1.52. The Labute approximate surface area is 127 Å². The molecule has 4 nitrogen and oxygen atoms in total. The van der Waals surface area contributed by atoms with Gasteiger partial charge in [0.2, 0.25) is 5.91 Å². The van der Waals surface area contributed by atoms with E-state index in [4.69, 9.17) is 23.2 Å². The first-order valence-corrected chi connectivity index (χ1v) is 6.94. The van der Waals surface area contributed by atoms with Gasteiger partial charge in [0.1, 0.15) is 0 Å². The number of amides is 1. The number of benzene rings is 1. The van der Waals surface area contributed by atoms with Crippen LogP contribution in [0, 0.1) is 13.8 Å². The maximum absolute atomic E-state index is 12.0. The molecular formula is C14H15Cl2N3O. The van der Waals surface area contributed by atoms with Crippen LogP contribution in [0.25, 0.3) is 0 Å². The number of aromatic amines is 1. The largest absolute Gasteiger partial charge is 0.352 e. The second kappa shape index (κ2) is 6.29. The molecule has 0 radical (unpaired) electrons. The number of carbonyl (C=O) groups is 1. The molecule has 0 aliphatic heterocycles. The van der Waals surface area contributed by atoms with Gasteiger partial charge < -0.3 is 5.32 Å². The average Bonchev–Trinajstić information content (AvgIpc) is 2.71. The third-order valence-corrected chi connectivity index (χ3v) is 3.71. The first kappa shape index (κ1) is 14.9. The van der Waals surface area contributed by atoms with Crippen molar-refractivity contribution in [2.75, 3.05) is 0 Å². The third-order valence-electron chi connectivity index (χ3n) is 3.10. The Morgan fingerprint density at radius 3 is 2.75 bits per heavy atom. The molecule has 1 heterocycles. The molecule has 6 heteroatoms. The summed E-state index contributed by atoms with van der Waals surface area (Å²) in [6, 6.07) is 5.18. The number of halogens is 2. The summed E-state index contributed by atoms with van der Waals surface area (Å²) in [5.74, 6) is -0.0753. The number of aryl methyl sites for hydroxylation is 2. The molecule has 1 amide bonds. The highest BCUT2D eigenvalue weighted by Gasteiger charge is 2.11. The van der Waals surface area contributed by atoms with Crippen LogP contribution in [0.15, 0.2) is 18.2 Å². The summed E-state index contributed by atoms with van der Waals surface area (Å²) in [7, 11) is 0. The third kappa shape index (κ3) is 3.52. The van der Waals surface area contributed by atoms with Gasteiger partial charge in [0, 0.05) is 27.8 Å². The number of hydrogen-bond acceptors (Lipinski definition) is 2. The quantitative estimate of drug-likeness (QED) is 0.911. The monoisotopic (exact) mass is 311 g/mol. The number of H-pyrrole nitrogens is 1. The van der Waals surface area contributed by atoms with Crippen LogP contribution >= 0.6 is 23.2 Å². The first-order chi connectivity index (χ1) is 9.47. The van der Waals surface area contributed by atoms with Gasteiger partial charge in [0.25, 0.3) is 0 Å². The van der Waals surface area contributed by atoms with Crippen LogP contribution in [0.4, 0.5) is 0 Å². The van der Waals surface area contributed by atoms with E-state index in [0.717, 1.165) is 22.5 Å². The van der Waals surface area contributed by atoms with Gasteiger partial charge in [-0.05, 0) is 37.6 Å². The molecular weight excluding hydrogens is 297 g/mol. The first-order valence-electron chi connectivity index (χ1n) is 6.18. The molecule has 0 fully saturated rings. The molecule has 106 valence electrons. The lowest BCUT2D eigenvalue weighted by Crippen LogP contribution is -2.25. The molecule has 0 spiro atoms. The van der Waals surface area contributed by atoms with Gasteiger partial charge in [-0.2, -0.15) is 5.10 Å². The van der Waals surface area contributed by atoms with Crippen LogP contribution in [-0.4, -0.2) is 16.1 Å². The molecule has 0 saturated carbocycles. The minimum absolute atomic E-state index is 0.0753. The Balaban J connectivity index is 1.97. The smallest absolute Gasteiger partial charge is 0.224 e. The van der Waals surface area contributed by atoms with Crippen molar-refractivity contribution in [2.24, 2.45) is 0 Å². The summed E-state index contributed by atoms with van der Waals surface area (Å²) >= 11 is 12.0. The molecule has 0 atom stereocenters. The molecule has 2 aromatic rings. The van der Waals surface area contributed by atoms with Crippen LogP contribution in [0.1, 0.15) is 22.5 Å². The maximum Gasteiger partial charge on any atom is 0.224 e. The van der Waals surface area contributed by atoms with Crippen LogP contribution in [0.2, 0.25) is 10.0 Å². The van der Waals surface area contributed by atoms with Crippen molar-refractivity contribution in [1.29, 1.82) is 0 Å². The molecule has 20 heavy (non-hydrogen) atoms. The van der Waals surface area contributed by atoms with Crippen LogP contribution in [0.3, 0.4) is 0 Å². The number of rotatable bonds is 4. The fourth-order valence-corrected chi connectivity index (χ4v) is 2.31. The number of nitrogens with zero attached hydrogens (tertiary/aromatic N) is 1. The fourth-order valence-electron chi connectivity index (χ4n) is 1.93. The minimum Gasteiger partial charge on any atom is -0.352 e. The van der Waals surface area contributed by atoms with Crippen molar-refractivity contribution in [3.63, 3.8) is 0 Å². The topological polar surface area (TPSA) is 57.8 Å². The zero-order valence-electron chi connectivity index (χ0n) is 11.3. The van der Waals surface area contributed by atoms with Gasteiger partial charge in [-0.25, -0.2) is 0 Å². The summed E-state index contributed by atoms with van der Waals surface area (Å²) in [6.45, 7) is 4.13. The van der Waals surface area contributed by atoms with Crippen molar-refractivity contribution in [2.45, 2.75) is 26.8 Å². The van der Waals surface area contributed by atoms with Gasteiger partial charge in [0.05, 0.1) is 12.1 Å². The number of carbonyl (C=O) groups excluding carboxylic acids is 1. The average molecular weight is 312 g/mol. The Morgan fingerprint density at radius 1 is 1.35 bits per heavy atom. The molecule has 0 aliphatic carbocycles. The van der Waals surface area contributed by atoms with Crippen molar-refractivity contribution in [3.8, 4) is 0 Å². The molecule has 2 N–H and O–H groups in total. The van der Waals surface area contributed by atoms with Gasteiger partial charge >= 0.3 is 0 Å². The van der Waals surface area contributed by atoms with Crippen LogP contribution in [0.5, 0.6) is 0 Å². The van der Waals surface area contributed by atoms with Crippen molar-refractivity contribution < 1.29 is 4.79 Å². The molecule has 0 unspecified atom stereocenters. The normalized spacial score (nSPS) is 10.6. The second-order valence-corrected chi connectivity index (χ2v) is 5.45. The highest BCUT2D eigenvalue weighted by molar-refractivity contribution is 6.33. The number of aromatic nitrogens is 2. The van der Waals surface area contributed by atoms with E-state index in [1.165, 1.54) is 0 Å². The van der Waals surface area contributed by atoms with Crippen LogP contribution in [-0.2, 0) is 17.8 Å². The lowest BCUT2D eigenvalue weighted by molar-refractivity contribution is -0.120. The predicted molar refractivity (Wildman–Crippen MR) is 80.1 cm³/mol. The van der Waals surface area contributed by atoms with Gasteiger partial charge in [-0.15, -0.1) is 0 Å². The lowest BCUT2D eigenvalue weighted by Gasteiger charge is -2.08. The molecule has 0 saturated heterocycles. The van der Waals surface area contributed by atoms with E-state index in [0.29, 0.717) is 23.0 Å². The van der Waals surface area contributed by atoms with E-state index in [1.807, 2.05) is 13.8 Å². The van der Waals surface area contributed by atoms with Crippen molar-refractivity contribution >= 4 is 29.1 Å².